The van der Waals surface area contributed by atoms with Crippen molar-refractivity contribution < 1.29 is 4.79 Å². The van der Waals surface area contributed by atoms with Gasteiger partial charge in [0, 0.05) is 57.3 Å². The quantitative estimate of drug-likeness (QED) is 0.746. The van der Waals surface area contributed by atoms with Gasteiger partial charge in [0.2, 0.25) is 0 Å². The molecule has 0 bridgehead atoms. The van der Waals surface area contributed by atoms with Crippen LogP contribution in [0.5, 0.6) is 0 Å². The van der Waals surface area contributed by atoms with Crippen LogP contribution in [0, 0.1) is 0 Å². The minimum Gasteiger partial charge on any atom is -0.367 e. The summed E-state index contributed by atoms with van der Waals surface area (Å²) in [6.45, 7) is 1.42. The average Bonchev–Trinajstić information content (AvgIpc) is 2.73. The molecule has 0 atom stereocenters. The predicted molar refractivity (Wildman–Crippen MR) is 108 cm³/mol. The normalized spacial score (nSPS) is 14.9. The maximum Gasteiger partial charge on any atom is 0.253 e. The number of carbonyl (C=O) groups excluding carboxylic acids is 1. The second-order valence-corrected chi connectivity index (χ2v) is 7.13. The van der Waals surface area contributed by atoms with E-state index in [0.29, 0.717) is 18.7 Å². The molecule has 1 fully saturated rings. The summed E-state index contributed by atoms with van der Waals surface area (Å²) in [6, 6.07) is 7.72. The number of hydrogen-bond acceptors (Lipinski definition) is 7. The van der Waals surface area contributed by atoms with E-state index in [1.807, 2.05) is 48.2 Å². The molecule has 0 radical (unpaired) electrons. The second kappa shape index (κ2) is 7.75. The number of fused-ring (bicyclic) bond motifs is 1. The van der Waals surface area contributed by atoms with E-state index in [4.69, 9.17) is 0 Å². The van der Waals surface area contributed by atoms with Crippen LogP contribution in [-0.2, 0) is 0 Å². The zero-order chi connectivity index (χ0) is 19.5. The van der Waals surface area contributed by atoms with E-state index in [0.717, 1.165) is 35.5 Å². The first kappa shape index (κ1) is 18.1. The minimum absolute atomic E-state index is 0.0444. The summed E-state index contributed by atoms with van der Waals surface area (Å²) in [6.07, 6.45) is 6.61. The van der Waals surface area contributed by atoms with E-state index in [1.54, 1.807) is 18.7 Å². The molecule has 28 heavy (non-hydrogen) atoms. The van der Waals surface area contributed by atoms with Crippen LogP contribution in [0.15, 0.2) is 43.0 Å². The molecule has 1 aromatic carbocycles. The van der Waals surface area contributed by atoms with Gasteiger partial charge < -0.3 is 15.1 Å². The van der Waals surface area contributed by atoms with Gasteiger partial charge in [-0.1, -0.05) is 0 Å². The third kappa shape index (κ3) is 3.85. The zero-order valence-electron chi connectivity index (χ0n) is 16.0. The Hall–Kier alpha value is -3.29. The Morgan fingerprint density at radius 2 is 1.79 bits per heavy atom. The van der Waals surface area contributed by atoms with Gasteiger partial charge in [-0.15, -0.1) is 0 Å². The monoisotopic (exact) mass is 377 g/mol. The number of carbonyl (C=O) groups is 1. The fraction of sp³-hybridized carbons (Fsp3) is 0.350. The van der Waals surface area contributed by atoms with Gasteiger partial charge in [-0.25, -0.2) is 9.97 Å². The van der Waals surface area contributed by atoms with Crippen LogP contribution in [-0.4, -0.2) is 64.0 Å². The van der Waals surface area contributed by atoms with Crippen LogP contribution in [0.25, 0.3) is 11.0 Å². The van der Waals surface area contributed by atoms with Crippen LogP contribution in [0.2, 0.25) is 0 Å². The standard InChI is InChI=1S/C20H23N7O/c1-26(2)19-12-18(23-13-24-19)25-15-5-9-27(10-6-15)20(28)14-3-4-16-17(11-14)22-8-7-21-16/h3-4,7-8,11-13,15H,5-6,9-10H2,1-2H3,(H,23,24,25). The lowest BCUT2D eigenvalue weighted by Crippen LogP contribution is -2.42. The van der Waals surface area contributed by atoms with Gasteiger partial charge in [0.15, 0.2) is 0 Å². The van der Waals surface area contributed by atoms with Crippen LogP contribution in [0.3, 0.4) is 0 Å². The van der Waals surface area contributed by atoms with E-state index < -0.39 is 0 Å². The third-order valence-electron chi connectivity index (χ3n) is 4.96. The molecule has 1 saturated heterocycles. The molecule has 0 unspecified atom stereocenters. The Balaban J connectivity index is 1.38. The highest BCUT2D eigenvalue weighted by atomic mass is 16.2. The van der Waals surface area contributed by atoms with Crippen molar-refractivity contribution in [3.8, 4) is 0 Å². The number of likely N-dealkylation sites (tertiary alicyclic amines) is 1. The smallest absolute Gasteiger partial charge is 0.253 e. The number of nitrogens with one attached hydrogen (secondary N) is 1. The van der Waals surface area contributed by atoms with Crippen LogP contribution >= 0.6 is 0 Å². The number of amides is 1. The molecule has 1 N–H and O–H groups in total. The van der Waals surface area contributed by atoms with Crippen molar-refractivity contribution in [2.24, 2.45) is 0 Å². The van der Waals surface area contributed by atoms with Gasteiger partial charge in [-0.2, -0.15) is 0 Å². The number of hydrogen-bond donors (Lipinski definition) is 1. The van der Waals surface area contributed by atoms with Gasteiger partial charge in [0.25, 0.3) is 5.91 Å². The largest absolute Gasteiger partial charge is 0.367 e. The summed E-state index contributed by atoms with van der Waals surface area (Å²) >= 11 is 0. The first-order valence-corrected chi connectivity index (χ1v) is 9.36. The Bertz CT molecular complexity index is 983. The highest BCUT2D eigenvalue weighted by Gasteiger charge is 2.24. The molecule has 3 heterocycles. The highest BCUT2D eigenvalue weighted by molar-refractivity contribution is 5.97. The lowest BCUT2D eigenvalue weighted by Gasteiger charge is -2.32. The van der Waals surface area contributed by atoms with Crippen molar-refractivity contribution in [1.29, 1.82) is 0 Å². The van der Waals surface area contributed by atoms with Gasteiger partial charge in [-0.05, 0) is 31.0 Å². The molecule has 144 valence electrons. The topological polar surface area (TPSA) is 87.1 Å². The average molecular weight is 377 g/mol. The first-order valence-electron chi connectivity index (χ1n) is 9.36. The summed E-state index contributed by atoms with van der Waals surface area (Å²) in [5.74, 6) is 1.73. The fourth-order valence-corrected chi connectivity index (χ4v) is 3.39. The molecule has 0 aliphatic carbocycles. The number of rotatable bonds is 4. The lowest BCUT2D eigenvalue weighted by molar-refractivity contribution is 0.0718. The minimum atomic E-state index is 0.0444. The molecule has 1 aliphatic heterocycles. The van der Waals surface area contributed by atoms with Crippen molar-refractivity contribution in [2.45, 2.75) is 18.9 Å². The Kier molecular flexibility index (Phi) is 5.01. The van der Waals surface area contributed by atoms with E-state index in [-0.39, 0.29) is 11.9 Å². The summed E-state index contributed by atoms with van der Waals surface area (Å²) in [7, 11) is 3.91. The summed E-state index contributed by atoms with van der Waals surface area (Å²) in [5, 5.41) is 3.47. The Labute approximate surface area is 163 Å². The molecular formula is C20H23N7O. The van der Waals surface area contributed by atoms with Crippen molar-refractivity contribution in [3.05, 3.63) is 48.5 Å². The van der Waals surface area contributed by atoms with E-state index in [1.165, 1.54) is 0 Å². The SMILES string of the molecule is CN(C)c1cc(NC2CCN(C(=O)c3ccc4nccnc4c3)CC2)ncn1. The summed E-state index contributed by atoms with van der Waals surface area (Å²) < 4.78 is 0. The molecule has 8 heteroatoms. The molecule has 0 saturated carbocycles. The van der Waals surface area contributed by atoms with Gasteiger partial charge in [-0.3, -0.25) is 14.8 Å². The molecule has 8 nitrogen and oxygen atoms in total. The van der Waals surface area contributed by atoms with E-state index in [9.17, 15) is 4.79 Å². The van der Waals surface area contributed by atoms with Crippen LogP contribution in [0.4, 0.5) is 11.6 Å². The number of benzene rings is 1. The summed E-state index contributed by atoms with van der Waals surface area (Å²) in [4.78, 5) is 33.8. The van der Waals surface area contributed by atoms with Crippen LogP contribution in [0.1, 0.15) is 23.2 Å². The molecule has 3 aromatic rings. The number of nitrogens with zero attached hydrogens (tertiary/aromatic N) is 6. The predicted octanol–water partition coefficient (Wildman–Crippen LogP) is 2.20. The maximum atomic E-state index is 12.9. The Morgan fingerprint density at radius 1 is 1.04 bits per heavy atom. The third-order valence-corrected chi connectivity index (χ3v) is 4.96. The molecule has 1 aliphatic rings. The molecule has 2 aromatic heterocycles. The second-order valence-electron chi connectivity index (χ2n) is 7.13. The van der Waals surface area contributed by atoms with Crippen LogP contribution < -0.4 is 10.2 Å². The number of aromatic nitrogens is 4. The van der Waals surface area contributed by atoms with Crippen molar-refractivity contribution >= 4 is 28.6 Å². The first-order chi connectivity index (χ1) is 13.6. The zero-order valence-corrected chi connectivity index (χ0v) is 16.0. The van der Waals surface area contributed by atoms with Crippen molar-refractivity contribution in [2.75, 3.05) is 37.4 Å². The van der Waals surface area contributed by atoms with Gasteiger partial charge in [0.1, 0.15) is 18.0 Å². The van der Waals surface area contributed by atoms with Crippen molar-refractivity contribution in [3.63, 3.8) is 0 Å². The summed E-state index contributed by atoms with van der Waals surface area (Å²) in [5.41, 5.74) is 2.19. The number of anilines is 2. The van der Waals surface area contributed by atoms with Gasteiger partial charge in [0.05, 0.1) is 11.0 Å². The lowest BCUT2D eigenvalue weighted by atomic mass is 10.0. The fourth-order valence-electron chi connectivity index (χ4n) is 3.39. The molecule has 1 amide bonds. The van der Waals surface area contributed by atoms with E-state index >= 15 is 0 Å². The molecular weight excluding hydrogens is 354 g/mol. The Morgan fingerprint density at radius 3 is 2.54 bits per heavy atom. The van der Waals surface area contributed by atoms with Gasteiger partial charge >= 0.3 is 0 Å². The molecule has 0 spiro atoms. The number of piperidine rings is 1. The maximum absolute atomic E-state index is 12.9. The van der Waals surface area contributed by atoms with Crippen molar-refractivity contribution in [1.82, 2.24) is 24.8 Å². The van der Waals surface area contributed by atoms with E-state index in [2.05, 4.69) is 25.3 Å². The highest BCUT2D eigenvalue weighted by Crippen LogP contribution is 2.20. The molecule has 4 rings (SSSR count).